The number of carbonyl (C=O) groups is 3. The van der Waals surface area contributed by atoms with E-state index in [1.165, 1.54) is 16.2 Å². The molecular weight excluding hydrogens is 458 g/mol. The van der Waals surface area contributed by atoms with Crippen LogP contribution in [-0.2, 0) is 33.7 Å². The van der Waals surface area contributed by atoms with E-state index in [0.717, 1.165) is 16.0 Å². The molecule has 34 heavy (non-hydrogen) atoms. The quantitative estimate of drug-likeness (QED) is 0.263. The van der Waals surface area contributed by atoms with Crippen molar-refractivity contribution in [2.75, 3.05) is 6.54 Å². The number of ether oxygens (including phenoxy) is 1. The molecule has 1 aromatic heterocycles. The molecule has 0 saturated heterocycles. The van der Waals surface area contributed by atoms with Crippen LogP contribution in [0.5, 0.6) is 0 Å². The number of fused-ring (bicyclic) bond motifs is 1. The Kier molecular flexibility index (Phi) is 9.43. The molecule has 0 aliphatic carbocycles. The van der Waals surface area contributed by atoms with E-state index in [1.807, 2.05) is 41.8 Å². The largest absolute Gasteiger partial charge is 0.507 e. The summed E-state index contributed by atoms with van der Waals surface area (Å²) in [5.74, 6) is -1.41. The van der Waals surface area contributed by atoms with Gasteiger partial charge in [0.25, 0.3) is 0 Å². The molecule has 0 radical (unpaired) electrons. The number of amides is 1. The Morgan fingerprint density at radius 3 is 2.56 bits per heavy atom. The van der Waals surface area contributed by atoms with Gasteiger partial charge in [-0.05, 0) is 54.8 Å². The molecule has 3 atom stereocenters. The highest BCUT2D eigenvalue weighted by atomic mass is 32.1. The van der Waals surface area contributed by atoms with Gasteiger partial charge >= 0.3 is 12.1 Å². The number of carboxylic acids is 1. The number of nitrogens with two attached hydrogens (primary N) is 1. The summed E-state index contributed by atoms with van der Waals surface area (Å²) in [6.45, 7) is 0.677. The zero-order valence-corrected chi connectivity index (χ0v) is 19.7. The van der Waals surface area contributed by atoms with Crippen molar-refractivity contribution >= 4 is 29.4 Å². The fourth-order valence-corrected chi connectivity index (χ4v) is 5.05. The number of aliphatic carboxylic acids is 1. The van der Waals surface area contributed by atoms with Crippen molar-refractivity contribution in [2.45, 2.75) is 63.4 Å². The van der Waals surface area contributed by atoms with Gasteiger partial charge in [0.1, 0.15) is 6.04 Å². The van der Waals surface area contributed by atoms with Crippen molar-refractivity contribution in [1.82, 2.24) is 10.2 Å². The van der Waals surface area contributed by atoms with Crippen molar-refractivity contribution < 1.29 is 29.3 Å². The minimum atomic E-state index is -1.46. The smallest absolute Gasteiger partial charge is 0.480 e. The highest BCUT2D eigenvalue weighted by molar-refractivity contribution is 7.10. The predicted molar refractivity (Wildman–Crippen MR) is 127 cm³/mol. The monoisotopic (exact) mass is 489 g/mol. The Labute approximate surface area is 202 Å². The second-order valence-corrected chi connectivity index (χ2v) is 9.30. The van der Waals surface area contributed by atoms with Crippen molar-refractivity contribution in [3.63, 3.8) is 0 Å². The number of hydrogen-bond acceptors (Lipinski definition) is 7. The van der Waals surface area contributed by atoms with E-state index in [1.54, 1.807) is 0 Å². The zero-order valence-electron chi connectivity index (χ0n) is 18.9. The van der Waals surface area contributed by atoms with Crippen LogP contribution >= 0.6 is 11.3 Å². The second-order valence-electron chi connectivity index (χ2n) is 8.30. The number of rotatable bonds is 12. The number of carbonyl (C=O) groups excluding carboxylic acids is 1. The van der Waals surface area contributed by atoms with Gasteiger partial charge in [0, 0.05) is 11.3 Å². The number of aryl methyl sites for hydroxylation is 1. The summed E-state index contributed by atoms with van der Waals surface area (Å²) < 4.78 is 5.05. The molecule has 1 amide bonds. The van der Waals surface area contributed by atoms with Crippen LogP contribution in [0, 0.1) is 0 Å². The third-order valence-electron chi connectivity index (χ3n) is 5.92. The first kappa shape index (κ1) is 25.7. The highest BCUT2D eigenvalue weighted by Gasteiger charge is 2.37. The SMILES string of the molecule is NCCCC[C@H](N[C@@H](CCc1ccccc1)C(=O)O)C(=O)N1Cc2ccsc2C[C@@H]1OC(=O)O. The molecular formula is C24H31N3O6S. The maximum atomic E-state index is 13.6. The van der Waals surface area contributed by atoms with E-state index in [0.29, 0.717) is 38.6 Å². The second kappa shape index (κ2) is 12.5. The predicted octanol–water partition coefficient (Wildman–Crippen LogP) is 2.83. The molecule has 1 aliphatic heterocycles. The van der Waals surface area contributed by atoms with Gasteiger partial charge in [0.05, 0.1) is 12.6 Å². The normalized spacial score (nSPS) is 17.0. The van der Waals surface area contributed by atoms with E-state index in [2.05, 4.69) is 5.32 Å². The van der Waals surface area contributed by atoms with Gasteiger partial charge in [0.2, 0.25) is 5.91 Å². The molecule has 0 bridgehead atoms. The molecule has 1 aliphatic rings. The van der Waals surface area contributed by atoms with Crippen LogP contribution < -0.4 is 11.1 Å². The average molecular weight is 490 g/mol. The van der Waals surface area contributed by atoms with Gasteiger partial charge in [-0.15, -0.1) is 11.3 Å². The number of hydrogen-bond donors (Lipinski definition) is 4. The summed E-state index contributed by atoms with van der Waals surface area (Å²) in [5.41, 5.74) is 7.58. The number of nitrogens with one attached hydrogen (secondary N) is 1. The van der Waals surface area contributed by atoms with Gasteiger partial charge in [-0.2, -0.15) is 0 Å². The lowest BCUT2D eigenvalue weighted by atomic mass is 10.0. The molecule has 3 rings (SSSR count). The maximum absolute atomic E-state index is 13.6. The molecule has 2 aromatic rings. The summed E-state index contributed by atoms with van der Waals surface area (Å²) in [4.78, 5) is 39.3. The maximum Gasteiger partial charge on any atom is 0.507 e. The van der Waals surface area contributed by atoms with Crippen LogP contribution in [0.3, 0.4) is 0 Å². The topological polar surface area (TPSA) is 142 Å². The van der Waals surface area contributed by atoms with Crippen molar-refractivity contribution in [1.29, 1.82) is 0 Å². The number of benzene rings is 1. The third-order valence-corrected chi connectivity index (χ3v) is 6.90. The van der Waals surface area contributed by atoms with Crippen LogP contribution in [0.2, 0.25) is 0 Å². The van der Waals surface area contributed by atoms with Crippen molar-refractivity contribution in [3.8, 4) is 0 Å². The standard InChI is InChI=1S/C24H31N3O6S/c25-12-5-4-8-18(26-19(23(29)30)10-9-16-6-2-1-3-7-16)22(28)27-15-17-11-13-34-20(17)14-21(27)33-24(31)32/h1-3,6-7,11,13,18-19,21,26H,4-5,8-10,12,14-15,25H2,(H,29,30)(H,31,32)/t18-,19-,21-/m0/s1. The molecule has 0 saturated carbocycles. The van der Waals surface area contributed by atoms with Gasteiger partial charge in [-0.25, -0.2) is 4.79 Å². The molecule has 0 fully saturated rings. The Hall–Kier alpha value is -2.95. The lowest BCUT2D eigenvalue weighted by molar-refractivity contribution is -0.148. The van der Waals surface area contributed by atoms with Gasteiger partial charge in [-0.1, -0.05) is 36.8 Å². The third kappa shape index (κ3) is 7.02. The molecule has 184 valence electrons. The first-order chi connectivity index (χ1) is 16.4. The summed E-state index contributed by atoms with van der Waals surface area (Å²) in [5, 5.41) is 24.0. The molecule has 1 aromatic carbocycles. The summed E-state index contributed by atoms with van der Waals surface area (Å²) in [6.07, 6.45) is 0.424. The first-order valence-electron chi connectivity index (χ1n) is 11.4. The van der Waals surface area contributed by atoms with Gasteiger partial charge in [0.15, 0.2) is 6.23 Å². The number of carboxylic acid groups (broad SMARTS) is 2. The molecule has 10 heteroatoms. The van der Waals surface area contributed by atoms with Crippen LogP contribution in [0.4, 0.5) is 4.79 Å². The van der Waals surface area contributed by atoms with Crippen LogP contribution in [0.15, 0.2) is 41.8 Å². The fraction of sp³-hybridized carbons (Fsp3) is 0.458. The van der Waals surface area contributed by atoms with Gasteiger partial charge < -0.3 is 25.6 Å². The van der Waals surface area contributed by atoms with Crippen LogP contribution in [-0.4, -0.2) is 58.0 Å². The highest BCUT2D eigenvalue weighted by Crippen LogP contribution is 2.29. The summed E-state index contributed by atoms with van der Waals surface area (Å²) in [6, 6.07) is 9.73. The van der Waals surface area contributed by atoms with Gasteiger partial charge in [-0.3, -0.25) is 14.9 Å². The summed E-state index contributed by atoms with van der Waals surface area (Å²) in [7, 11) is 0. The number of nitrogens with zero attached hydrogens (tertiary/aromatic N) is 1. The lowest BCUT2D eigenvalue weighted by Crippen LogP contribution is -2.56. The molecule has 0 unspecified atom stereocenters. The molecule has 2 heterocycles. The molecule has 5 N–H and O–H groups in total. The first-order valence-corrected chi connectivity index (χ1v) is 12.2. The van der Waals surface area contributed by atoms with E-state index >= 15 is 0 Å². The summed E-state index contributed by atoms with van der Waals surface area (Å²) >= 11 is 1.50. The van der Waals surface area contributed by atoms with Crippen LogP contribution in [0.1, 0.15) is 41.7 Å². The Bertz CT molecular complexity index is 967. The Morgan fingerprint density at radius 1 is 1.12 bits per heavy atom. The average Bonchev–Trinajstić information content (AvgIpc) is 3.27. The van der Waals surface area contributed by atoms with Crippen molar-refractivity contribution in [2.24, 2.45) is 5.73 Å². The number of thiophene rings is 1. The zero-order chi connectivity index (χ0) is 24.5. The molecule has 9 nitrogen and oxygen atoms in total. The van der Waals surface area contributed by atoms with E-state index in [4.69, 9.17) is 10.5 Å². The van der Waals surface area contributed by atoms with Crippen LogP contribution in [0.25, 0.3) is 0 Å². The lowest BCUT2D eigenvalue weighted by Gasteiger charge is -2.37. The number of unbranched alkanes of at least 4 members (excludes halogenated alkanes) is 1. The molecule has 0 spiro atoms. The van der Waals surface area contributed by atoms with E-state index in [-0.39, 0.29) is 18.9 Å². The van der Waals surface area contributed by atoms with E-state index < -0.39 is 30.4 Å². The van der Waals surface area contributed by atoms with Crippen molar-refractivity contribution in [3.05, 3.63) is 57.8 Å². The Morgan fingerprint density at radius 2 is 1.88 bits per heavy atom. The Balaban J connectivity index is 1.77. The van der Waals surface area contributed by atoms with E-state index in [9.17, 15) is 24.6 Å². The minimum Gasteiger partial charge on any atom is -0.480 e. The fourth-order valence-electron chi connectivity index (χ4n) is 4.13. The minimum absolute atomic E-state index is 0.215.